The van der Waals surface area contributed by atoms with Crippen LogP contribution in [0.15, 0.2) is 42.5 Å². The maximum absolute atomic E-state index is 11.9. The second-order valence-corrected chi connectivity index (χ2v) is 5.40. The summed E-state index contributed by atoms with van der Waals surface area (Å²) >= 11 is 0. The number of benzene rings is 2. The van der Waals surface area contributed by atoms with Crippen LogP contribution in [0.3, 0.4) is 0 Å². The Morgan fingerprint density at radius 1 is 1.09 bits per heavy atom. The summed E-state index contributed by atoms with van der Waals surface area (Å²) < 4.78 is 2.30. The van der Waals surface area contributed by atoms with Crippen molar-refractivity contribution in [3.05, 3.63) is 42.5 Å². The molecule has 0 unspecified atom stereocenters. The van der Waals surface area contributed by atoms with Crippen LogP contribution in [0, 0.1) is 0 Å². The molecule has 0 spiro atoms. The van der Waals surface area contributed by atoms with E-state index in [2.05, 4.69) is 58.5 Å². The van der Waals surface area contributed by atoms with Gasteiger partial charge in [0.25, 0.3) is 0 Å². The maximum Gasteiger partial charge on any atom is 0.225 e. The fourth-order valence-corrected chi connectivity index (χ4v) is 2.93. The van der Waals surface area contributed by atoms with E-state index in [1.54, 1.807) is 0 Å². The number of anilines is 1. The molecule has 3 aromatic rings. The minimum atomic E-state index is 0.0351. The number of fused-ring (bicyclic) bond motifs is 3. The molecule has 1 heterocycles. The van der Waals surface area contributed by atoms with Crippen LogP contribution in [0.4, 0.5) is 5.69 Å². The number of nitrogens with zero attached hydrogens (tertiary/aromatic N) is 1. The number of carbonyl (C=O) groups excluding carboxylic acids is 1. The highest BCUT2D eigenvalue weighted by Crippen LogP contribution is 2.30. The van der Waals surface area contributed by atoms with Crippen LogP contribution in [0.5, 0.6) is 0 Å². The molecule has 0 atom stereocenters. The van der Waals surface area contributed by atoms with Crippen molar-refractivity contribution in [1.29, 1.82) is 0 Å². The SMILES string of the molecule is CCn1c2ccccc2c2cc(NC(=O)CCNC)ccc21. The smallest absolute Gasteiger partial charge is 0.225 e. The zero-order chi connectivity index (χ0) is 15.5. The van der Waals surface area contributed by atoms with Crippen molar-refractivity contribution < 1.29 is 4.79 Å². The predicted molar refractivity (Wildman–Crippen MR) is 92.3 cm³/mol. The molecule has 0 radical (unpaired) electrons. The first-order chi connectivity index (χ1) is 10.7. The lowest BCUT2D eigenvalue weighted by Gasteiger charge is -2.06. The minimum absolute atomic E-state index is 0.0351. The molecular formula is C18H21N3O. The van der Waals surface area contributed by atoms with Crippen LogP contribution in [0.1, 0.15) is 13.3 Å². The summed E-state index contributed by atoms with van der Waals surface area (Å²) in [6.45, 7) is 3.76. The number of carbonyl (C=O) groups is 1. The standard InChI is InChI=1S/C18H21N3O/c1-3-21-16-7-5-4-6-14(16)15-12-13(8-9-17(15)21)20-18(22)10-11-19-2/h4-9,12,19H,3,10-11H2,1-2H3,(H,20,22). The van der Waals surface area contributed by atoms with Crippen molar-refractivity contribution in [2.24, 2.45) is 0 Å². The number of aromatic nitrogens is 1. The van der Waals surface area contributed by atoms with Gasteiger partial charge in [-0.15, -0.1) is 0 Å². The summed E-state index contributed by atoms with van der Waals surface area (Å²) in [5, 5.41) is 8.37. The summed E-state index contributed by atoms with van der Waals surface area (Å²) in [4.78, 5) is 11.9. The van der Waals surface area contributed by atoms with Gasteiger partial charge in [0.05, 0.1) is 0 Å². The van der Waals surface area contributed by atoms with E-state index in [-0.39, 0.29) is 5.91 Å². The Hall–Kier alpha value is -2.33. The van der Waals surface area contributed by atoms with Gasteiger partial charge in [-0.25, -0.2) is 0 Å². The highest BCUT2D eigenvalue weighted by Gasteiger charge is 2.10. The van der Waals surface area contributed by atoms with Crippen molar-refractivity contribution in [2.45, 2.75) is 19.9 Å². The largest absolute Gasteiger partial charge is 0.341 e. The van der Waals surface area contributed by atoms with E-state index in [9.17, 15) is 4.79 Å². The van der Waals surface area contributed by atoms with Crippen LogP contribution in [0.2, 0.25) is 0 Å². The summed E-state index contributed by atoms with van der Waals surface area (Å²) in [5.41, 5.74) is 3.29. The van der Waals surface area contributed by atoms with Gasteiger partial charge in [-0.2, -0.15) is 0 Å². The maximum atomic E-state index is 11.9. The van der Waals surface area contributed by atoms with E-state index in [0.717, 1.165) is 12.2 Å². The predicted octanol–water partition coefficient (Wildman–Crippen LogP) is 3.36. The highest BCUT2D eigenvalue weighted by atomic mass is 16.1. The third-order valence-corrected chi connectivity index (χ3v) is 3.97. The molecule has 2 aromatic carbocycles. The lowest BCUT2D eigenvalue weighted by Crippen LogP contribution is -2.18. The molecule has 0 aliphatic rings. The number of aryl methyl sites for hydroxylation is 1. The number of hydrogen-bond donors (Lipinski definition) is 2. The van der Waals surface area contributed by atoms with Gasteiger partial charge in [0.15, 0.2) is 0 Å². The van der Waals surface area contributed by atoms with E-state index >= 15 is 0 Å². The Kier molecular flexibility index (Phi) is 4.11. The molecule has 0 bridgehead atoms. The molecular weight excluding hydrogens is 274 g/mol. The molecule has 0 fully saturated rings. The van der Waals surface area contributed by atoms with Crippen LogP contribution >= 0.6 is 0 Å². The van der Waals surface area contributed by atoms with Crippen molar-refractivity contribution in [3.8, 4) is 0 Å². The first-order valence-corrected chi connectivity index (χ1v) is 7.70. The first-order valence-electron chi connectivity index (χ1n) is 7.70. The van der Waals surface area contributed by atoms with Crippen LogP contribution in [-0.2, 0) is 11.3 Å². The highest BCUT2D eigenvalue weighted by molar-refractivity contribution is 6.09. The van der Waals surface area contributed by atoms with Gasteiger partial charge < -0.3 is 15.2 Å². The number of hydrogen-bond acceptors (Lipinski definition) is 2. The third-order valence-electron chi connectivity index (χ3n) is 3.97. The number of amides is 1. The van der Waals surface area contributed by atoms with Crippen LogP contribution < -0.4 is 10.6 Å². The quantitative estimate of drug-likeness (QED) is 0.758. The van der Waals surface area contributed by atoms with Gasteiger partial charge in [-0.1, -0.05) is 18.2 Å². The lowest BCUT2D eigenvalue weighted by molar-refractivity contribution is -0.116. The molecule has 0 saturated heterocycles. The van der Waals surface area contributed by atoms with Gasteiger partial charge in [0.2, 0.25) is 5.91 Å². The van der Waals surface area contributed by atoms with Gasteiger partial charge in [0.1, 0.15) is 0 Å². The molecule has 0 aliphatic heterocycles. The Labute approximate surface area is 130 Å². The number of nitrogens with one attached hydrogen (secondary N) is 2. The first kappa shape index (κ1) is 14.6. The van der Waals surface area contributed by atoms with E-state index in [1.165, 1.54) is 21.8 Å². The second-order valence-electron chi connectivity index (χ2n) is 5.40. The topological polar surface area (TPSA) is 46.1 Å². The number of rotatable bonds is 5. The molecule has 1 amide bonds. The van der Waals surface area contributed by atoms with E-state index in [4.69, 9.17) is 0 Å². The lowest BCUT2D eigenvalue weighted by atomic mass is 10.1. The average molecular weight is 295 g/mol. The Balaban J connectivity index is 2.02. The molecule has 1 aromatic heterocycles. The van der Waals surface area contributed by atoms with Gasteiger partial charge in [-0.05, 0) is 38.2 Å². The summed E-state index contributed by atoms with van der Waals surface area (Å²) in [6, 6.07) is 14.5. The Morgan fingerprint density at radius 3 is 2.64 bits per heavy atom. The Morgan fingerprint density at radius 2 is 1.86 bits per heavy atom. The van der Waals surface area contributed by atoms with Gasteiger partial charge in [-0.3, -0.25) is 4.79 Å². The molecule has 0 saturated carbocycles. The fraction of sp³-hybridized carbons (Fsp3) is 0.278. The van der Waals surface area contributed by atoms with Crippen LogP contribution in [-0.4, -0.2) is 24.1 Å². The number of para-hydroxylation sites is 1. The zero-order valence-corrected chi connectivity index (χ0v) is 13.0. The molecule has 22 heavy (non-hydrogen) atoms. The molecule has 4 heteroatoms. The Bertz CT molecular complexity index is 820. The monoisotopic (exact) mass is 295 g/mol. The normalized spacial score (nSPS) is 11.2. The third kappa shape index (κ3) is 2.57. The second kappa shape index (κ2) is 6.20. The van der Waals surface area contributed by atoms with E-state index in [0.29, 0.717) is 13.0 Å². The van der Waals surface area contributed by atoms with Crippen molar-refractivity contribution >= 4 is 33.4 Å². The van der Waals surface area contributed by atoms with Gasteiger partial charge >= 0.3 is 0 Å². The molecule has 0 aliphatic carbocycles. The summed E-state index contributed by atoms with van der Waals surface area (Å²) in [6.07, 6.45) is 0.477. The summed E-state index contributed by atoms with van der Waals surface area (Å²) in [7, 11) is 1.85. The summed E-state index contributed by atoms with van der Waals surface area (Å²) in [5.74, 6) is 0.0351. The molecule has 4 nitrogen and oxygen atoms in total. The fourth-order valence-electron chi connectivity index (χ4n) is 2.93. The van der Waals surface area contributed by atoms with Crippen molar-refractivity contribution in [3.63, 3.8) is 0 Å². The molecule has 114 valence electrons. The minimum Gasteiger partial charge on any atom is -0.341 e. The average Bonchev–Trinajstić information content (AvgIpc) is 2.86. The molecule has 2 N–H and O–H groups in total. The van der Waals surface area contributed by atoms with Crippen LogP contribution in [0.25, 0.3) is 21.8 Å². The zero-order valence-electron chi connectivity index (χ0n) is 13.0. The van der Waals surface area contributed by atoms with E-state index < -0.39 is 0 Å². The molecule has 3 rings (SSSR count). The van der Waals surface area contributed by atoms with Crippen molar-refractivity contribution in [1.82, 2.24) is 9.88 Å². The van der Waals surface area contributed by atoms with Gasteiger partial charge in [0, 0.05) is 47.0 Å². The van der Waals surface area contributed by atoms with Crippen molar-refractivity contribution in [2.75, 3.05) is 18.9 Å². The van der Waals surface area contributed by atoms with E-state index in [1.807, 2.05) is 13.1 Å².